The first-order valence-electron chi connectivity index (χ1n) is 5.58. The number of ether oxygens (including phenoxy) is 3. The van der Waals surface area contributed by atoms with Crippen molar-refractivity contribution in [2.75, 3.05) is 7.11 Å². The summed E-state index contributed by atoms with van der Waals surface area (Å²) in [6.07, 6.45) is 2.40. The van der Waals surface area contributed by atoms with E-state index in [1.807, 2.05) is 13.8 Å². The molecule has 2 aliphatic carbocycles. The molecule has 1 aliphatic heterocycles. The molecule has 2 saturated carbocycles. The van der Waals surface area contributed by atoms with Gasteiger partial charge >= 0.3 is 0 Å². The first-order valence-corrected chi connectivity index (χ1v) is 7.16. The van der Waals surface area contributed by atoms with Crippen LogP contribution in [0.25, 0.3) is 0 Å². The van der Waals surface area contributed by atoms with Crippen LogP contribution in [0.2, 0.25) is 0 Å². The fourth-order valence-corrected chi connectivity index (χ4v) is 4.95. The van der Waals surface area contributed by atoms with Crippen molar-refractivity contribution in [2.45, 2.75) is 54.0 Å². The maximum Gasteiger partial charge on any atom is 0.163 e. The van der Waals surface area contributed by atoms with Gasteiger partial charge < -0.3 is 14.2 Å². The number of methoxy groups -OCH3 is 1. The first kappa shape index (κ1) is 11.9. The van der Waals surface area contributed by atoms with E-state index in [0.717, 1.165) is 12.8 Å². The molecule has 0 bridgehead atoms. The van der Waals surface area contributed by atoms with Gasteiger partial charge in [0.25, 0.3) is 0 Å². The van der Waals surface area contributed by atoms with Crippen molar-refractivity contribution < 1.29 is 14.2 Å². The zero-order chi connectivity index (χ0) is 11.8. The molecule has 0 aromatic rings. The smallest absolute Gasteiger partial charge is 0.163 e. The second-order valence-corrected chi connectivity index (χ2v) is 9.31. The molecule has 1 saturated heterocycles. The van der Waals surface area contributed by atoms with Crippen molar-refractivity contribution >= 4 is 31.9 Å². The Morgan fingerprint density at radius 3 is 2.38 bits per heavy atom. The van der Waals surface area contributed by atoms with Gasteiger partial charge in [-0.15, -0.1) is 0 Å². The van der Waals surface area contributed by atoms with Gasteiger partial charge in [-0.05, 0) is 26.7 Å². The van der Waals surface area contributed by atoms with E-state index < -0.39 is 5.79 Å². The molecule has 1 heterocycles. The summed E-state index contributed by atoms with van der Waals surface area (Å²) in [7, 11) is 1.75. The maximum absolute atomic E-state index is 6.06. The molecular weight excluding hydrogens is 340 g/mol. The molecule has 3 nitrogen and oxygen atoms in total. The predicted octanol–water partition coefficient (Wildman–Crippen LogP) is 2.80. The summed E-state index contributed by atoms with van der Waals surface area (Å²) in [5, 5.41) is 0. The van der Waals surface area contributed by atoms with E-state index in [0.29, 0.717) is 0 Å². The van der Waals surface area contributed by atoms with Gasteiger partial charge in [-0.3, -0.25) is 0 Å². The fourth-order valence-electron chi connectivity index (χ4n) is 3.18. The van der Waals surface area contributed by atoms with Crippen molar-refractivity contribution in [3.8, 4) is 0 Å². The highest BCUT2D eigenvalue weighted by Crippen LogP contribution is 2.75. The van der Waals surface area contributed by atoms with Gasteiger partial charge in [0.1, 0.15) is 6.10 Å². The number of hydrogen-bond acceptors (Lipinski definition) is 3. The third-order valence-corrected chi connectivity index (χ3v) is 6.19. The molecule has 3 aliphatic rings. The molecule has 3 fully saturated rings. The molecule has 92 valence electrons. The summed E-state index contributed by atoms with van der Waals surface area (Å²) < 4.78 is 17.6. The van der Waals surface area contributed by atoms with Gasteiger partial charge in [-0.25, -0.2) is 0 Å². The third-order valence-electron chi connectivity index (χ3n) is 4.05. The Morgan fingerprint density at radius 2 is 1.88 bits per heavy atom. The number of halogens is 2. The zero-order valence-corrected chi connectivity index (χ0v) is 12.8. The minimum Gasteiger partial charge on any atom is -0.379 e. The van der Waals surface area contributed by atoms with E-state index in [1.54, 1.807) is 7.11 Å². The Bertz CT molecular complexity index is 331. The van der Waals surface area contributed by atoms with Crippen molar-refractivity contribution in [1.82, 2.24) is 0 Å². The molecule has 5 heteroatoms. The highest BCUT2D eigenvalue weighted by Gasteiger charge is 2.77. The Balaban J connectivity index is 1.91. The van der Waals surface area contributed by atoms with Gasteiger partial charge in [0.05, 0.1) is 15.4 Å². The van der Waals surface area contributed by atoms with Crippen LogP contribution in [0.15, 0.2) is 0 Å². The molecule has 3 rings (SSSR count). The molecule has 2 unspecified atom stereocenters. The van der Waals surface area contributed by atoms with Gasteiger partial charge in [0, 0.05) is 12.5 Å². The van der Waals surface area contributed by atoms with Crippen molar-refractivity contribution in [3.63, 3.8) is 0 Å². The van der Waals surface area contributed by atoms with E-state index in [-0.39, 0.29) is 27.0 Å². The van der Waals surface area contributed by atoms with Crippen LogP contribution in [0.1, 0.15) is 26.7 Å². The summed E-state index contributed by atoms with van der Waals surface area (Å²) in [4.78, 5) is 0. The largest absolute Gasteiger partial charge is 0.379 e. The first-order chi connectivity index (χ1) is 7.31. The second kappa shape index (κ2) is 3.23. The lowest BCUT2D eigenvalue weighted by molar-refractivity contribution is -0.170. The van der Waals surface area contributed by atoms with Crippen LogP contribution in [0.5, 0.6) is 0 Å². The normalized spacial score (nSPS) is 51.9. The lowest BCUT2D eigenvalue weighted by Crippen LogP contribution is -2.30. The monoisotopic (exact) mass is 354 g/mol. The SMILES string of the molecule is CO[C@@H]1C[C@@]2(CC2(Br)Br)C2OC(C)(C)OC21. The highest BCUT2D eigenvalue weighted by molar-refractivity contribution is 9.25. The van der Waals surface area contributed by atoms with E-state index in [1.165, 1.54) is 0 Å². The molecule has 0 N–H and O–H groups in total. The van der Waals surface area contributed by atoms with E-state index in [2.05, 4.69) is 31.9 Å². The Labute approximate surface area is 112 Å². The van der Waals surface area contributed by atoms with E-state index >= 15 is 0 Å². The third kappa shape index (κ3) is 1.41. The van der Waals surface area contributed by atoms with Gasteiger partial charge in [-0.2, -0.15) is 0 Å². The van der Waals surface area contributed by atoms with E-state index in [9.17, 15) is 0 Å². The topological polar surface area (TPSA) is 27.7 Å². The van der Waals surface area contributed by atoms with Crippen LogP contribution < -0.4 is 0 Å². The number of fused-ring (bicyclic) bond motifs is 2. The molecule has 0 aromatic heterocycles. The lowest BCUT2D eigenvalue weighted by atomic mass is 10.0. The molecule has 1 spiro atoms. The minimum absolute atomic E-state index is 0.00692. The van der Waals surface area contributed by atoms with Crippen LogP contribution in [-0.2, 0) is 14.2 Å². The van der Waals surface area contributed by atoms with Gasteiger partial charge in [0.15, 0.2) is 5.79 Å². The lowest BCUT2D eigenvalue weighted by Gasteiger charge is -2.23. The summed E-state index contributed by atoms with van der Waals surface area (Å²) in [5.74, 6) is -0.488. The van der Waals surface area contributed by atoms with Crippen molar-refractivity contribution in [3.05, 3.63) is 0 Å². The molecule has 0 aromatic carbocycles. The molecule has 16 heavy (non-hydrogen) atoms. The minimum atomic E-state index is -0.488. The summed E-state index contributed by atoms with van der Waals surface area (Å²) in [6.45, 7) is 3.94. The van der Waals surface area contributed by atoms with Crippen molar-refractivity contribution in [2.24, 2.45) is 5.41 Å². The van der Waals surface area contributed by atoms with E-state index in [4.69, 9.17) is 14.2 Å². The summed E-state index contributed by atoms with van der Waals surface area (Å²) in [6, 6.07) is 0. The molecule has 4 atom stereocenters. The maximum atomic E-state index is 6.06. The van der Waals surface area contributed by atoms with Crippen LogP contribution in [0.3, 0.4) is 0 Å². The number of alkyl halides is 2. The fraction of sp³-hybridized carbons (Fsp3) is 1.00. The molecule has 0 amide bonds. The number of rotatable bonds is 1. The van der Waals surface area contributed by atoms with Crippen LogP contribution in [0, 0.1) is 5.41 Å². The second-order valence-electron chi connectivity index (χ2n) is 5.54. The Morgan fingerprint density at radius 1 is 1.25 bits per heavy atom. The Hall–Kier alpha value is 0.840. The number of hydrogen-bond donors (Lipinski definition) is 0. The molecule has 0 radical (unpaired) electrons. The van der Waals surface area contributed by atoms with Crippen LogP contribution in [-0.4, -0.2) is 34.4 Å². The quantitative estimate of drug-likeness (QED) is 0.677. The Kier molecular flexibility index (Phi) is 2.41. The van der Waals surface area contributed by atoms with Gasteiger partial charge in [-0.1, -0.05) is 31.9 Å². The highest BCUT2D eigenvalue weighted by atomic mass is 79.9. The summed E-state index contributed by atoms with van der Waals surface area (Å²) >= 11 is 7.45. The predicted molar refractivity (Wildman–Crippen MR) is 66.9 cm³/mol. The molecular formula is C11H16Br2O3. The average Bonchev–Trinajstić information content (AvgIpc) is 2.45. The standard InChI is InChI=1S/C11H16Br2O3/c1-9(2)15-7-6(14-3)4-10(8(7)16-9)5-11(10,12)13/h6-8H,4-5H2,1-3H3/t6-,7?,8?,10-/m1/s1. The average molecular weight is 356 g/mol. The van der Waals surface area contributed by atoms with Crippen LogP contribution in [0.4, 0.5) is 0 Å². The summed E-state index contributed by atoms with van der Waals surface area (Å²) in [5.41, 5.74) is 0.131. The van der Waals surface area contributed by atoms with Crippen LogP contribution >= 0.6 is 31.9 Å². The van der Waals surface area contributed by atoms with Crippen molar-refractivity contribution in [1.29, 1.82) is 0 Å². The zero-order valence-electron chi connectivity index (χ0n) is 9.63. The van der Waals surface area contributed by atoms with Gasteiger partial charge in [0.2, 0.25) is 0 Å².